The fourth-order valence-corrected chi connectivity index (χ4v) is 3.93. The summed E-state index contributed by atoms with van der Waals surface area (Å²) in [6, 6.07) is 3.01. The van der Waals surface area contributed by atoms with Crippen molar-refractivity contribution in [2.45, 2.75) is 31.8 Å². The molecule has 3 nitrogen and oxygen atoms in total. The van der Waals surface area contributed by atoms with E-state index in [-0.39, 0.29) is 16.0 Å². The van der Waals surface area contributed by atoms with Gasteiger partial charge in [0.2, 0.25) is 0 Å². The minimum Gasteiger partial charge on any atom is -0.481 e. The Bertz CT molecular complexity index is 495. The number of aliphatic hydroxyl groups is 1. The molecule has 20 heavy (non-hydrogen) atoms. The smallest absolute Gasteiger partial charge is 0.306 e. The lowest BCUT2D eigenvalue weighted by Gasteiger charge is -2.33. The zero-order chi connectivity index (χ0) is 14.9. The summed E-state index contributed by atoms with van der Waals surface area (Å²) >= 11 is 18.0. The van der Waals surface area contributed by atoms with Crippen molar-refractivity contribution < 1.29 is 15.0 Å². The Labute approximate surface area is 132 Å². The number of hydrogen-bond acceptors (Lipinski definition) is 2. The van der Waals surface area contributed by atoms with E-state index in [0.29, 0.717) is 23.4 Å². The lowest BCUT2D eigenvalue weighted by Crippen LogP contribution is -2.31. The van der Waals surface area contributed by atoms with Crippen LogP contribution in [0.3, 0.4) is 0 Å². The van der Waals surface area contributed by atoms with Gasteiger partial charge >= 0.3 is 5.97 Å². The van der Waals surface area contributed by atoms with Crippen molar-refractivity contribution in [1.82, 2.24) is 0 Å². The highest BCUT2D eigenvalue weighted by Gasteiger charge is 2.37. The van der Waals surface area contributed by atoms with Gasteiger partial charge in [-0.25, -0.2) is 0 Å². The first kappa shape index (κ1) is 15.9. The van der Waals surface area contributed by atoms with Crippen molar-refractivity contribution in [3.63, 3.8) is 0 Å². The first-order chi connectivity index (χ1) is 9.41. The Hall–Kier alpha value is -0.480. The van der Waals surface area contributed by atoms with Crippen LogP contribution in [0.1, 0.15) is 37.4 Å². The van der Waals surface area contributed by atoms with Gasteiger partial charge in [-0.3, -0.25) is 4.79 Å². The predicted molar refractivity (Wildman–Crippen MR) is 79.5 cm³/mol. The number of carbonyl (C=O) groups is 1. The van der Waals surface area contributed by atoms with E-state index in [1.165, 1.54) is 12.1 Å². The van der Waals surface area contributed by atoms with Gasteiger partial charge in [-0.05, 0) is 25.0 Å². The second kappa shape index (κ2) is 6.52. The number of rotatable bonds is 3. The minimum atomic E-state index is -0.992. The topological polar surface area (TPSA) is 57.5 Å². The van der Waals surface area contributed by atoms with Crippen LogP contribution in [0.5, 0.6) is 0 Å². The molecule has 3 unspecified atom stereocenters. The van der Waals surface area contributed by atoms with E-state index in [4.69, 9.17) is 34.8 Å². The monoisotopic (exact) mass is 336 g/mol. The van der Waals surface area contributed by atoms with Gasteiger partial charge in [0.25, 0.3) is 0 Å². The van der Waals surface area contributed by atoms with Gasteiger partial charge in [-0.15, -0.1) is 0 Å². The summed E-state index contributed by atoms with van der Waals surface area (Å²) in [5.74, 6) is -1.83. The zero-order valence-electron chi connectivity index (χ0n) is 10.7. The van der Waals surface area contributed by atoms with Crippen LogP contribution >= 0.6 is 34.8 Å². The molecule has 6 heteroatoms. The molecule has 0 amide bonds. The molecule has 1 fully saturated rings. The molecule has 0 spiro atoms. The molecular formula is C14H15Cl3O3. The van der Waals surface area contributed by atoms with Gasteiger partial charge in [-0.2, -0.15) is 0 Å². The summed E-state index contributed by atoms with van der Waals surface area (Å²) in [4.78, 5) is 11.3. The molecule has 0 saturated heterocycles. The fraction of sp³-hybridized carbons (Fsp3) is 0.500. The summed E-state index contributed by atoms with van der Waals surface area (Å²) in [6.45, 7) is 0. The summed E-state index contributed by atoms with van der Waals surface area (Å²) in [6.07, 6.45) is 1.98. The van der Waals surface area contributed by atoms with Crippen LogP contribution in [0.25, 0.3) is 0 Å². The van der Waals surface area contributed by atoms with Crippen LogP contribution in [0, 0.1) is 11.8 Å². The summed E-state index contributed by atoms with van der Waals surface area (Å²) in [5, 5.41) is 20.8. The van der Waals surface area contributed by atoms with Gasteiger partial charge in [-0.1, -0.05) is 47.6 Å². The number of carboxylic acids is 1. The van der Waals surface area contributed by atoms with Gasteiger partial charge in [0, 0.05) is 26.5 Å². The number of benzene rings is 1. The van der Waals surface area contributed by atoms with Gasteiger partial charge in [0.1, 0.15) is 0 Å². The van der Waals surface area contributed by atoms with Crippen LogP contribution in [0.15, 0.2) is 12.1 Å². The van der Waals surface area contributed by atoms with Gasteiger partial charge < -0.3 is 10.2 Å². The first-order valence-electron chi connectivity index (χ1n) is 6.47. The maximum absolute atomic E-state index is 11.3. The minimum absolute atomic E-state index is 0.268. The van der Waals surface area contributed by atoms with E-state index >= 15 is 0 Å². The molecule has 1 saturated carbocycles. The Morgan fingerprint density at radius 3 is 2.25 bits per heavy atom. The Morgan fingerprint density at radius 1 is 1.15 bits per heavy atom. The summed E-state index contributed by atoms with van der Waals surface area (Å²) in [5.41, 5.74) is 0.371. The summed E-state index contributed by atoms with van der Waals surface area (Å²) in [7, 11) is 0. The number of halogens is 3. The van der Waals surface area contributed by atoms with Crippen molar-refractivity contribution in [2.24, 2.45) is 11.8 Å². The first-order valence-corrected chi connectivity index (χ1v) is 7.60. The molecular weight excluding hydrogens is 323 g/mol. The third-order valence-electron chi connectivity index (χ3n) is 3.88. The summed E-state index contributed by atoms with van der Waals surface area (Å²) < 4.78 is 0. The van der Waals surface area contributed by atoms with E-state index < -0.39 is 18.0 Å². The highest BCUT2D eigenvalue weighted by molar-refractivity contribution is 6.39. The molecule has 0 aliphatic heterocycles. The van der Waals surface area contributed by atoms with Gasteiger partial charge in [0.15, 0.2) is 0 Å². The molecule has 1 aliphatic rings. The largest absolute Gasteiger partial charge is 0.481 e. The molecule has 0 radical (unpaired) electrons. The Morgan fingerprint density at radius 2 is 1.70 bits per heavy atom. The molecule has 1 aliphatic carbocycles. The predicted octanol–water partition coefficient (Wildman–Crippen LogP) is 4.57. The number of aliphatic carboxylic acids is 1. The van der Waals surface area contributed by atoms with E-state index in [2.05, 4.69) is 0 Å². The van der Waals surface area contributed by atoms with Crippen molar-refractivity contribution in [2.75, 3.05) is 0 Å². The van der Waals surface area contributed by atoms with Crippen LogP contribution in [-0.2, 0) is 4.79 Å². The highest BCUT2D eigenvalue weighted by atomic mass is 35.5. The molecule has 2 rings (SSSR count). The average Bonchev–Trinajstić information content (AvgIpc) is 2.37. The van der Waals surface area contributed by atoms with Crippen LogP contribution in [0.2, 0.25) is 15.1 Å². The van der Waals surface area contributed by atoms with Gasteiger partial charge in [0.05, 0.1) is 12.0 Å². The molecule has 1 aromatic carbocycles. The number of carboxylic acid groups (broad SMARTS) is 1. The fourth-order valence-electron chi connectivity index (χ4n) is 2.89. The Kier molecular flexibility index (Phi) is 5.19. The normalized spacial score (nSPS) is 24.4. The van der Waals surface area contributed by atoms with Crippen molar-refractivity contribution in [1.29, 1.82) is 0 Å². The van der Waals surface area contributed by atoms with Crippen LogP contribution in [-0.4, -0.2) is 16.2 Å². The van der Waals surface area contributed by atoms with Crippen molar-refractivity contribution >= 4 is 40.8 Å². The SMILES string of the molecule is O=C(O)C1CCCCC1C(O)c1c(Cl)cc(Cl)cc1Cl. The third-order valence-corrected chi connectivity index (χ3v) is 4.73. The quantitative estimate of drug-likeness (QED) is 0.849. The standard InChI is InChI=1S/C14H15Cl3O3/c15-7-5-10(16)12(11(17)6-7)13(18)8-3-1-2-4-9(8)14(19)20/h5-6,8-9,13,18H,1-4H2,(H,19,20). The lowest BCUT2D eigenvalue weighted by atomic mass is 9.74. The van der Waals surface area contributed by atoms with E-state index in [1.54, 1.807) is 0 Å². The molecule has 1 aromatic rings. The molecule has 0 heterocycles. The molecule has 2 N–H and O–H groups in total. The third kappa shape index (κ3) is 3.22. The zero-order valence-corrected chi connectivity index (χ0v) is 12.9. The molecule has 0 aromatic heterocycles. The average molecular weight is 338 g/mol. The number of hydrogen-bond donors (Lipinski definition) is 2. The molecule has 110 valence electrons. The maximum Gasteiger partial charge on any atom is 0.306 e. The number of aliphatic hydroxyl groups excluding tert-OH is 1. The maximum atomic E-state index is 11.3. The van der Waals surface area contributed by atoms with Crippen LogP contribution < -0.4 is 0 Å². The Balaban J connectivity index is 2.34. The van der Waals surface area contributed by atoms with E-state index in [1.807, 2.05) is 0 Å². The second-order valence-corrected chi connectivity index (χ2v) is 6.37. The molecule has 3 atom stereocenters. The second-order valence-electron chi connectivity index (χ2n) is 5.12. The van der Waals surface area contributed by atoms with E-state index in [9.17, 15) is 15.0 Å². The van der Waals surface area contributed by atoms with Crippen LogP contribution in [0.4, 0.5) is 0 Å². The highest BCUT2D eigenvalue weighted by Crippen LogP contribution is 2.43. The lowest BCUT2D eigenvalue weighted by molar-refractivity contribution is -0.147. The molecule has 0 bridgehead atoms. The van der Waals surface area contributed by atoms with E-state index in [0.717, 1.165) is 12.8 Å². The van der Waals surface area contributed by atoms with Crippen molar-refractivity contribution in [3.8, 4) is 0 Å². The van der Waals surface area contributed by atoms with Crippen molar-refractivity contribution in [3.05, 3.63) is 32.8 Å².